The van der Waals surface area contributed by atoms with Gasteiger partial charge in [-0.1, -0.05) is 23.2 Å². The van der Waals surface area contributed by atoms with Crippen molar-refractivity contribution in [3.63, 3.8) is 0 Å². The summed E-state index contributed by atoms with van der Waals surface area (Å²) < 4.78 is 6.77. The van der Waals surface area contributed by atoms with Crippen LogP contribution in [0.1, 0.15) is 23.1 Å². The van der Waals surface area contributed by atoms with Crippen molar-refractivity contribution in [3.8, 4) is 0 Å². The highest BCUT2D eigenvalue weighted by Crippen LogP contribution is 2.29. The van der Waals surface area contributed by atoms with Crippen molar-refractivity contribution in [3.05, 3.63) is 39.9 Å². The summed E-state index contributed by atoms with van der Waals surface area (Å²) in [6, 6.07) is 2.88. The van der Waals surface area contributed by atoms with Crippen molar-refractivity contribution in [2.24, 2.45) is 0 Å². The van der Waals surface area contributed by atoms with Gasteiger partial charge in [-0.3, -0.25) is 0 Å². The second-order valence-corrected chi connectivity index (χ2v) is 4.72. The van der Waals surface area contributed by atoms with Gasteiger partial charge in [0.25, 0.3) is 0 Å². The Morgan fingerprint density at radius 3 is 2.90 bits per heavy atom. The van der Waals surface area contributed by atoms with Crippen LogP contribution in [-0.4, -0.2) is 20.7 Å². The Kier molecular flexibility index (Phi) is 4.46. The van der Waals surface area contributed by atoms with Gasteiger partial charge in [-0.05, 0) is 19.1 Å². The minimum atomic E-state index is -0.616. The molecule has 0 spiro atoms. The van der Waals surface area contributed by atoms with Gasteiger partial charge in [0.05, 0.1) is 15.6 Å². The molecule has 0 radical (unpaired) electrons. The smallest absolute Gasteiger partial charge is 0.340 e. The van der Waals surface area contributed by atoms with Crippen LogP contribution in [0.15, 0.2) is 18.5 Å². The number of carbonyl (C=O) groups excluding carboxylic acids is 1. The Labute approximate surface area is 125 Å². The molecule has 1 heterocycles. The number of esters is 1. The van der Waals surface area contributed by atoms with Crippen LogP contribution in [0.3, 0.4) is 0 Å². The summed E-state index contributed by atoms with van der Waals surface area (Å²) in [4.78, 5) is 16.0. The Hall–Kier alpha value is -1.79. The molecule has 0 saturated carbocycles. The topological polar surface area (TPSA) is 83.0 Å². The third kappa shape index (κ3) is 3.02. The molecule has 106 valence electrons. The van der Waals surface area contributed by atoms with E-state index in [0.29, 0.717) is 18.1 Å². The summed E-state index contributed by atoms with van der Waals surface area (Å²) in [7, 11) is 0. The number of nitrogens with zero attached hydrogens (tertiary/aromatic N) is 3. The molecule has 0 unspecified atom stereocenters. The number of aryl methyl sites for hydroxylation is 1. The fourth-order valence-corrected chi connectivity index (χ4v) is 2.04. The number of nitrogens with two attached hydrogens (primary N) is 1. The average molecular weight is 315 g/mol. The van der Waals surface area contributed by atoms with Crippen molar-refractivity contribution in [1.29, 1.82) is 0 Å². The predicted octanol–water partition coefficient (Wildman–Crippen LogP) is 2.54. The summed E-state index contributed by atoms with van der Waals surface area (Å²) in [5.41, 5.74) is 6.09. The van der Waals surface area contributed by atoms with Gasteiger partial charge in [-0.2, -0.15) is 5.10 Å². The fourth-order valence-electron chi connectivity index (χ4n) is 1.63. The van der Waals surface area contributed by atoms with Gasteiger partial charge in [-0.15, -0.1) is 0 Å². The van der Waals surface area contributed by atoms with Crippen LogP contribution in [0.4, 0.5) is 5.69 Å². The van der Waals surface area contributed by atoms with Crippen molar-refractivity contribution in [2.45, 2.75) is 20.1 Å². The molecule has 1 aromatic carbocycles. The van der Waals surface area contributed by atoms with Crippen LogP contribution < -0.4 is 5.73 Å². The molecule has 0 fully saturated rings. The number of ether oxygens (including phenoxy) is 1. The number of aromatic nitrogens is 3. The molecule has 1 aromatic heterocycles. The van der Waals surface area contributed by atoms with E-state index in [2.05, 4.69) is 10.1 Å². The van der Waals surface area contributed by atoms with Crippen LogP contribution >= 0.6 is 23.2 Å². The highest BCUT2D eigenvalue weighted by atomic mass is 35.5. The Morgan fingerprint density at radius 1 is 1.45 bits per heavy atom. The molecule has 0 amide bonds. The first-order valence-electron chi connectivity index (χ1n) is 5.81. The lowest BCUT2D eigenvalue weighted by Gasteiger charge is -2.08. The summed E-state index contributed by atoms with van der Waals surface area (Å²) in [5, 5.41) is 4.30. The van der Waals surface area contributed by atoms with Crippen molar-refractivity contribution in [2.75, 3.05) is 5.73 Å². The molecular formula is C12H12Cl2N4O2. The quantitative estimate of drug-likeness (QED) is 0.692. The molecule has 0 bridgehead atoms. The third-order valence-corrected chi connectivity index (χ3v) is 3.40. The number of benzene rings is 1. The number of hydrogen-bond acceptors (Lipinski definition) is 5. The number of nitrogen functional groups attached to an aromatic ring is 1. The maximum Gasteiger partial charge on any atom is 0.340 e. The van der Waals surface area contributed by atoms with E-state index < -0.39 is 5.97 Å². The van der Waals surface area contributed by atoms with Crippen molar-refractivity contribution in [1.82, 2.24) is 14.8 Å². The lowest BCUT2D eigenvalue weighted by Crippen LogP contribution is -2.11. The van der Waals surface area contributed by atoms with Crippen LogP contribution in [-0.2, 0) is 17.9 Å². The number of hydrogen-bond donors (Lipinski definition) is 1. The average Bonchev–Trinajstić information content (AvgIpc) is 2.87. The highest BCUT2D eigenvalue weighted by Gasteiger charge is 2.16. The number of halogens is 2. The van der Waals surface area contributed by atoms with Gasteiger partial charge in [0, 0.05) is 12.2 Å². The Morgan fingerprint density at radius 2 is 2.20 bits per heavy atom. The van der Waals surface area contributed by atoms with E-state index in [1.165, 1.54) is 18.5 Å². The summed E-state index contributed by atoms with van der Waals surface area (Å²) >= 11 is 11.8. The molecule has 0 saturated heterocycles. The zero-order valence-corrected chi connectivity index (χ0v) is 12.1. The van der Waals surface area contributed by atoms with Crippen LogP contribution in [0.2, 0.25) is 10.0 Å². The van der Waals surface area contributed by atoms with Gasteiger partial charge in [-0.25, -0.2) is 14.5 Å². The summed E-state index contributed by atoms with van der Waals surface area (Å²) in [6.45, 7) is 2.54. The van der Waals surface area contributed by atoms with Crippen molar-refractivity contribution >= 4 is 34.9 Å². The standard InChI is InChI=1S/C12H12Cl2N4O2/c1-2-18-10(16-6-17-18)5-20-12(19)8-3-7(15)4-9(13)11(8)14/h3-4,6H,2,5,15H2,1H3. The zero-order valence-electron chi connectivity index (χ0n) is 10.6. The second kappa shape index (κ2) is 6.11. The first kappa shape index (κ1) is 14.6. The molecule has 2 N–H and O–H groups in total. The van der Waals surface area contributed by atoms with Crippen LogP contribution in [0.5, 0.6) is 0 Å². The maximum absolute atomic E-state index is 12.0. The van der Waals surface area contributed by atoms with E-state index in [-0.39, 0.29) is 22.2 Å². The SMILES string of the molecule is CCn1ncnc1COC(=O)c1cc(N)cc(Cl)c1Cl. The first-order chi connectivity index (χ1) is 9.52. The van der Waals surface area contributed by atoms with E-state index in [9.17, 15) is 4.79 Å². The van der Waals surface area contributed by atoms with Crippen LogP contribution in [0, 0.1) is 0 Å². The van der Waals surface area contributed by atoms with E-state index >= 15 is 0 Å². The van der Waals surface area contributed by atoms with Gasteiger partial charge >= 0.3 is 5.97 Å². The molecule has 0 aliphatic rings. The van der Waals surface area contributed by atoms with Crippen LogP contribution in [0.25, 0.3) is 0 Å². The molecule has 0 aliphatic heterocycles. The van der Waals surface area contributed by atoms with E-state index in [1.54, 1.807) is 4.68 Å². The van der Waals surface area contributed by atoms with Crippen molar-refractivity contribution < 1.29 is 9.53 Å². The molecule has 0 aliphatic carbocycles. The second-order valence-electron chi connectivity index (χ2n) is 3.93. The molecule has 8 heteroatoms. The molecule has 0 atom stereocenters. The largest absolute Gasteiger partial charge is 0.454 e. The molecular weight excluding hydrogens is 303 g/mol. The Balaban J connectivity index is 2.13. The molecule has 20 heavy (non-hydrogen) atoms. The Bertz CT molecular complexity index is 642. The third-order valence-electron chi connectivity index (χ3n) is 2.60. The first-order valence-corrected chi connectivity index (χ1v) is 6.56. The fraction of sp³-hybridized carbons (Fsp3) is 0.250. The molecule has 6 nitrogen and oxygen atoms in total. The minimum absolute atomic E-state index is 0.00454. The monoisotopic (exact) mass is 314 g/mol. The van der Waals surface area contributed by atoms with Gasteiger partial charge in [0.15, 0.2) is 12.4 Å². The van der Waals surface area contributed by atoms with E-state index in [1.807, 2.05) is 6.92 Å². The highest BCUT2D eigenvalue weighted by molar-refractivity contribution is 6.44. The summed E-state index contributed by atoms with van der Waals surface area (Å²) in [5.74, 6) is -0.0678. The van der Waals surface area contributed by atoms with Gasteiger partial charge < -0.3 is 10.5 Å². The maximum atomic E-state index is 12.0. The lowest BCUT2D eigenvalue weighted by molar-refractivity contribution is 0.0457. The lowest BCUT2D eigenvalue weighted by atomic mass is 10.2. The number of rotatable bonds is 4. The van der Waals surface area contributed by atoms with E-state index in [4.69, 9.17) is 33.7 Å². The van der Waals surface area contributed by atoms with Gasteiger partial charge in [0.1, 0.15) is 6.33 Å². The zero-order chi connectivity index (χ0) is 14.7. The number of carbonyl (C=O) groups is 1. The normalized spacial score (nSPS) is 10.6. The number of anilines is 1. The minimum Gasteiger partial charge on any atom is -0.454 e. The van der Waals surface area contributed by atoms with Gasteiger partial charge in [0.2, 0.25) is 0 Å². The van der Waals surface area contributed by atoms with E-state index in [0.717, 1.165) is 0 Å². The molecule has 2 aromatic rings. The summed E-state index contributed by atoms with van der Waals surface area (Å²) in [6.07, 6.45) is 1.40. The molecule has 2 rings (SSSR count). The predicted molar refractivity (Wildman–Crippen MR) is 75.7 cm³/mol.